The number of aromatic nitrogens is 2. The van der Waals surface area contributed by atoms with Gasteiger partial charge in [-0.25, -0.2) is 0 Å². The van der Waals surface area contributed by atoms with Gasteiger partial charge in [0.25, 0.3) is 0 Å². The molecule has 0 atom stereocenters. The molecule has 16 heavy (non-hydrogen) atoms. The molecule has 1 aromatic rings. The first-order chi connectivity index (χ1) is 7.30. The fourth-order valence-electron chi connectivity index (χ4n) is 1.33. The van der Waals surface area contributed by atoms with E-state index in [1.165, 1.54) is 0 Å². The molecule has 90 valence electrons. The minimum absolute atomic E-state index is 0.0835. The van der Waals surface area contributed by atoms with E-state index in [0.29, 0.717) is 6.54 Å². The lowest BCUT2D eigenvalue weighted by atomic mass is 9.96. The van der Waals surface area contributed by atoms with Crippen LogP contribution in [0.1, 0.15) is 32.2 Å². The van der Waals surface area contributed by atoms with Crippen LogP contribution >= 0.6 is 0 Å². The quantitative estimate of drug-likeness (QED) is 0.842. The summed E-state index contributed by atoms with van der Waals surface area (Å²) in [4.78, 5) is 11.6. The van der Waals surface area contributed by atoms with Crippen molar-refractivity contribution in [1.29, 1.82) is 0 Å². The second-order valence-electron chi connectivity index (χ2n) is 5.16. The van der Waals surface area contributed by atoms with Gasteiger partial charge in [0, 0.05) is 31.1 Å². The van der Waals surface area contributed by atoms with E-state index < -0.39 is 0 Å². The third-order valence-corrected chi connectivity index (χ3v) is 2.51. The molecule has 0 saturated heterocycles. The van der Waals surface area contributed by atoms with Crippen LogP contribution in [-0.2, 0) is 18.3 Å². The summed E-state index contributed by atoms with van der Waals surface area (Å²) in [5, 5.41) is 7.25. The molecule has 0 unspecified atom stereocenters. The molecule has 0 radical (unpaired) electrons. The van der Waals surface area contributed by atoms with E-state index in [4.69, 9.17) is 0 Å². The highest BCUT2D eigenvalue weighted by Crippen LogP contribution is 2.12. The SMILES string of the molecule is Cc1cc(CCNC(=O)C(C)(C)C)nn1C. The van der Waals surface area contributed by atoms with Crippen LogP contribution in [0.5, 0.6) is 0 Å². The molecule has 4 heteroatoms. The maximum atomic E-state index is 11.6. The van der Waals surface area contributed by atoms with E-state index in [1.54, 1.807) is 0 Å². The van der Waals surface area contributed by atoms with E-state index in [2.05, 4.69) is 10.4 Å². The van der Waals surface area contributed by atoms with E-state index in [-0.39, 0.29) is 11.3 Å². The zero-order chi connectivity index (χ0) is 12.3. The van der Waals surface area contributed by atoms with Crippen molar-refractivity contribution >= 4 is 5.91 Å². The highest BCUT2D eigenvalue weighted by molar-refractivity contribution is 5.81. The number of hydrogen-bond donors (Lipinski definition) is 1. The predicted octanol–water partition coefficient (Wildman–Crippen LogP) is 1.43. The Hall–Kier alpha value is -1.32. The average molecular weight is 223 g/mol. The molecule has 0 aliphatic heterocycles. The minimum Gasteiger partial charge on any atom is -0.355 e. The van der Waals surface area contributed by atoms with Gasteiger partial charge >= 0.3 is 0 Å². The van der Waals surface area contributed by atoms with Gasteiger partial charge in [-0.1, -0.05) is 20.8 Å². The molecule has 1 N–H and O–H groups in total. The summed E-state index contributed by atoms with van der Waals surface area (Å²) in [5.41, 5.74) is 1.84. The standard InChI is InChI=1S/C12H21N3O/c1-9-8-10(14-15(9)5)6-7-13-11(16)12(2,3)4/h8H,6-7H2,1-5H3,(H,13,16). The van der Waals surface area contributed by atoms with Crippen LogP contribution in [0, 0.1) is 12.3 Å². The fourth-order valence-corrected chi connectivity index (χ4v) is 1.33. The molecule has 0 aliphatic carbocycles. The lowest BCUT2D eigenvalue weighted by Gasteiger charge is -2.17. The molecule has 4 nitrogen and oxygen atoms in total. The van der Waals surface area contributed by atoms with Gasteiger partial charge in [-0.3, -0.25) is 9.48 Å². The topological polar surface area (TPSA) is 46.9 Å². The number of hydrogen-bond acceptors (Lipinski definition) is 2. The second-order valence-corrected chi connectivity index (χ2v) is 5.16. The maximum Gasteiger partial charge on any atom is 0.225 e. The van der Waals surface area contributed by atoms with E-state index in [1.807, 2.05) is 45.5 Å². The van der Waals surface area contributed by atoms with E-state index in [0.717, 1.165) is 17.8 Å². The molecule has 1 aromatic heterocycles. The van der Waals surface area contributed by atoms with Crippen molar-refractivity contribution in [2.24, 2.45) is 12.5 Å². The number of aryl methyl sites for hydroxylation is 2. The van der Waals surface area contributed by atoms with Gasteiger partial charge in [-0.15, -0.1) is 0 Å². The molecule has 0 bridgehead atoms. The van der Waals surface area contributed by atoms with Gasteiger partial charge in [0.2, 0.25) is 5.91 Å². The van der Waals surface area contributed by atoms with Crippen LogP contribution in [0.15, 0.2) is 6.07 Å². The molecule has 0 spiro atoms. The Morgan fingerprint density at radius 1 is 1.50 bits per heavy atom. The average Bonchev–Trinajstić information content (AvgIpc) is 2.44. The molecule has 1 rings (SSSR count). The number of rotatable bonds is 3. The maximum absolute atomic E-state index is 11.6. The molecule has 0 saturated carbocycles. The van der Waals surface area contributed by atoms with Crippen LogP contribution in [0.4, 0.5) is 0 Å². The lowest BCUT2D eigenvalue weighted by Crippen LogP contribution is -2.35. The van der Waals surface area contributed by atoms with Crippen molar-refractivity contribution in [2.75, 3.05) is 6.54 Å². The van der Waals surface area contributed by atoms with Gasteiger partial charge < -0.3 is 5.32 Å². The number of nitrogens with zero attached hydrogens (tertiary/aromatic N) is 2. The Morgan fingerprint density at radius 2 is 2.12 bits per heavy atom. The first kappa shape index (κ1) is 12.7. The first-order valence-electron chi connectivity index (χ1n) is 5.58. The van der Waals surface area contributed by atoms with Crippen LogP contribution in [0.25, 0.3) is 0 Å². The first-order valence-corrected chi connectivity index (χ1v) is 5.58. The van der Waals surface area contributed by atoms with Gasteiger partial charge in [0.15, 0.2) is 0 Å². The minimum atomic E-state index is -0.319. The summed E-state index contributed by atoms with van der Waals surface area (Å²) in [6.45, 7) is 8.39. The summed E-state index contributed by atoms with van der Waals surface area (Å²) in [6, 6.07) is 2.04. The van der Waals surface area contributed by atoms with Crippen LogP contribution in [0.2, 0.25) is 0 Å². The highest BCUT2D eigenvalue weighted by Gasteiger charge is 2.20. The predicted molar refractivity (Wildman–Crippen MR) is 64.1 cm³/mol. The number of nitrogens with one attached hydrogen (secondary N) is 1. The summed E-state index contributed by atoms with van der Waals surface area (Å²) in [7, 11) is 1.92. The van der Waals surface area contributed by atoms with Gasteiger partial charge in [-0.05, 0) is 13.0 Å². The largest absolute Gasteiger partial charge is 0.355 e. The normalized spacial score (nSPS) is 11.6. The van der Waals surface area contributed by atoms with Crippen molar-refractivity contribution < 1.29 is 4.79 Å². The summed E-state index contributed by atoms with van der Waals surface area (Å²) in [6.07, 6.45) is 0.781. The van der Waals surface area contributed by atoms with Crippen molar-refractivity contribution in [3.63, 3.8) is 0 Å². The highest BCUT2D eigenvalue weighted by atomic mass is 16.2. The lowest BCUT2D eigenvalue weighted by molar-refractivity contribution is -0.128. The van der Waals surface area contributed by atoms with Crippen LogP contribution in [-0.4, -0.2) is 22.2 Å². The third kappa shape index (κ3) is 3.36. The number of carbonyl (C=O) groups is 1. The Balaban J connectivity index is 2.39. The number of carbonyl (C=O) groups excluding carboxylic acids is 1. The summed E-state index contributed by atoms with van der Waals surface area (Å²) >= 11 is 0. The zero-order valence-electron chi connectivity index (χ0n) is 10.8. The Bertz CT molecular complexity index is 355. The molecule has 1 amide bonds. The summed E-state index contributed by atoms with van der Waals surface area (Å²) in [5.74, 6) is 0.0835. The molecule has 1 heterocycles. The van der Waals surface area contributed by atoms with E-state index in [9.17, 15) is 4.79 Å². The Kier molecular flexibility index (Phi) is 3.73. The third-order valence-electron chi connectivity index (χ3n) is 2.51. The summed E-state index contributed by atoms with van der Waals surface area (Å²) < 4.78 is 1.85. The van der Waals surface area contributed by atoms with E-state index >= 15 is 0 Å². The smallest absolute Gasteiger partial charge is 0.225 e. The van der Waals surface area contributed by atoms with Crippen LogP contribution in [0.3, 0.4) is 0 Å². The zero-order valence-corrected chi connectivity index (χ0v) is 10.8. The van der Waals surface area contributed by atoms with Crippen molar-refractivity contribution in [2.45, 2.75) is 34.1 Å². The Morgan fingerprint density at radius 3 is 2.56 bits per heavy atom. The monoisotopic (exact) mass is 223 g/mol. The molecule has 0 aliphatic rings. The Labute approximate surface area is 97.0 Å². The molecular weight excluding hydrogens is 202 g/mol. The van der Waals surface area contributed by atoms with Crippen molar-refractivity contribution in [1.82, 2.24) is 15.1 Å². The fraction of sp³-hybridized carbons (Fsp3) is 0.667. The van der Waals surface area contributed by atoms with Crippen LogP contribution < -0.4 is 5.32 Å². The molecule has 0 fully saturated rings. The van der Waals surface area contributed by atoms with Crippen molar-refractivity contribution in [3.8, 4) is 0 Å². The van der Waals surface area contributed by atoms with Gasteiger partial charge in [0.05, 0.1) is 5.69 Å². The van der Waals surface area contributed by atoms with Gasteiger partial charge in [-0.2, -0.15) is 5.10 Å². The van der Waals surface area contributed by atoms with Crippen molar-refractivity contribution in [3.05, 3.63) is 17.5 Å². The molecular formula is C12H21N3O. The number of amides is 1. The second kappa shape index (κ2) is 4.68. The molecule has 0 aromatic carbocycles. The van der Waals surface area contributed by atoms with Gasteiger partial charge in [0.1, 0.15) is 0 Å².